The van der Waals surface area contributed by atoms with E-state index in [-0.39, 0.29) is 5.82 Å². The Labute approximate surface area is 170 Å². The van der Waals surface area contributed by atoms with Crippen molar-refractivity contribution in [2.75, 3.05) is 12.4 Å². The van der Waals surface area contributed by atoms with E-state index in [1.807, 2.05) is 30.3 Å². The van der Waals surface area contributed by atoms with Crippen LogP contribution in [0.3, 0.4) is 0 Å². The van der Waals surface area contributed by atoms with E-state index in [0.717, 1.165) is 38.5 Å². The largest absolute Gasteiger partial charge is 0.611 e. The van der Waals surface area contributed by atoms with Crippen molar-refractivity contribution in [3.05, 3.63) is 78.9 Å². The third-order valence-electron chi connectivity index (χ3n) is 4.97. The maximum atomic E-state index is 13.4. The van der Waals surface area contributed by atoms with Gasteiger partial charge in [-0.1, -0.05) is 0 Å². The molecule has 0 radical (unpaired) electrons. The molecule has 1 unspecified atom stereocenters. The van der Waals surface area contributed by atoms with Gasteiger partial charge in [-0.25, -0.2) is 4.39 Å². The molecule has 0 bridgehead atoms. The summed E-state index contributed by atoms with van der Waals surface area (Å²) in [5.74, 6) is 0.914. The van der Waals surface area contributed by atoms with Crippen LogP contribution in [0.25, 0.3) is 33.6 Å². The summed E-state index contributed by atoms with van der Waals surface area (Å²) in [5.41, 5.74) is 5.63. The molecule has 29 heavy (non-hydrogen) atoms. The van der Waals surface area contributed by atoms with Crippen LogP contribution >= 0.6 is 0 Å². The molecule has 0 amide bonds. The summed E-state index contributed by atoms with van der Waals surface area (Å²) in [7, 11) is 0. The van der Waals surface area contributed by atoms with Crippen LogP contribution in [0, 0.1) is 5.82 Å². The third kappa shape index (κ3) is 3.41. The summed E-state index contributed by atoms with van der Waals surface area (Å²) in [6.07, 6.45) is 3.50. The quantitative estimate of drug-likeness (QED) is 0.486. The van der Waals surface area contributed by atoms with Gasteiger partial charge in [-0.15, -0.1) is 0 Å². The van der Waals surface area contributed by atoms with Crippen molar-refractivity contribution < 1.29 is 13.7 Å². The number of pyridine rings is 1. The highest BCUT2D eigenvalue weighted by Crippen LogP contribution is 2.38. The first kappa shape index (κ1) is 18.0. The fourth-order valence-corrected chi connectivity index (χ4v) is 4.54. The Morgan fingerprint density at radius 3 is 2.48 bits per heavy atom. The molecule has 0 aliphatic carbocycles. The number of rotatable bonds is 3. The zero-order chi connectivity index (χ0) is 19.8. The number of aromatic amines is 1. The van der Waals surface area contributed by atoms with Gasteiger partial charge < -0.3 is 14.3 Å². The Bertz CT molecular complexity index is 1160. The number of ether oxygens (including phenoxy) is 1. The van der Waals surface area contributed by atoms with E-state index >= 15 is 0 Å². The Hall–Kier alpha value is -3.09. The van der Waals surface area contributed by atoms with Crippen molar-refractivity contribution in [1.29, 1.82) is 0 Å². The summed E-state index contributed by atoms with van der Waals surface area (Å²) < 4.78 is 31.3. The maximum Gasteiger partial charge on any atom is 0.194 e. The summed E-state index contributed by atoms with van der Waals surface area (Å²) >= 11 is -1.02. The van der Waals surface area contributed by atoms with Crippen LogP contribution in [-0.2, 0) is 11.2 Å². The molecule has 4 aromatic rings. The standard InChI is InChI=1S/C23H17FN2O2S/c24-18-4-1-16(2-5-18)23-19(15-7-9-25-10-8-15)14-20(26-23)17-3-6-22-21(13-17)28-11-12-29(22)27/h1-10,13-14,26H,11-12H2. The average molecular weight is 404 g/mol. The fraction of sp³-hybridized carbons (Fsp3) is 0.0870. The molecule has 3 heterocycles. The molecular formula is C23H17FN2O2S. The number of aromatic nitrogens is 2. The highest BCUT2D eigenvalue weighted by molar-refractivity contribution is 7.91. The minimum atomic E-state index is -1.02. The van der Waals surface area contributed by atoms with Gasteiger partial charge in [-0.2, -0.15) is 0 Å². The Morgan fingerprint density at radius 1 is 0.931 bits per heavy atom. The maximum absolute atomic E-state index is 13.4. The van der Waals surface area contributed by atoms with Crippen LogP contribution in [0.5, 0.6) is 5.75 Å². The monoisotopic (exact) mass is 404 g/mol. The number of H-pyrrole nitrogens is 1. The van der Waals surface area contributed by atoms with Gasteiger partial charge in [-0.3, -0.25) is 4.98 Å². The van der Waals surface area contributed by atoms with Gasteiger partial charge in [0.05, 0.1) is 5.69 Å². The number of halogens is 1. The van der Waals surface area contributed by atoms with E-state index in [2.05, 4.69) is 16.0 Å². The van der Waals surface area contributed by atoms with Crippen LogP contribution in [-0.4, -0.2) is 26.9 Å². The zero-order valence-corrected chi connectivity index (χ0v) is 16.2. The van der Waals surface area contributed by atoms with Gasteiger partial charge in [0, 0.05) is 29.2 Å². The third-order valence-corrected chi connectivity index (χ3v) is 6.33. The van der Waals surface area contributed by atoms with E-state index in [1.54, 1.807) is 24.5 Å². The molecule has 0 fully saturated rings. The molecule has 1 N–H and O–H groups in total. The Balaban J connectivity index is 1.64. The lowest BCUT2D eigenvalue weighted by Crippen LogP contribution is -2.20. The SMILES string of the molecule is [O-][S+]1CCOc2cc(-c3cc(-c4ccncc4)c(-c4ccc(F)cc4)[nH]3)ccc21. The van der Waals surface area contributed by atoms with Gasteiger partial charge in [0.1, 0.15) is 18.2 Å². The average Bonchev–Trinajstić information content (AvgIpc) is 3.20. The second-order valence-corrected chi connectivity index (χ2v) is 8.31. The van der Waals surface area contributed by atoms with Crippen LogP contribution in [0.4, 0.5) is 4.39 Å². The lowest BCUT2D eigenvalue weighted by Gasteiger charge is -2.20. The molecular weight excluding hydrogens is 387 g/mol. The molecule has 4 nitrogen and oxygen atoms in total. The smallest absolute Gasteiger partial charge is 0.194 e. The Kier molecular flexibility index (Phi) is 4.58. The molecule has 144 valence electrons. The first-order chi connectivity index (χ1) is 14.2. The van der Waals surface area contributed by atoms with Crippen molar-refractivity contribution in [3.8, 4) is 39.4 Å². The lowest BCUT2D eigenvalue weighted by atomic mass is 10.0. The highest BCUT2D eigenvalue weighted by atomic mass is 32.2. The molecule has 0 spiro atoms. The molecule has 2 aromatic carbocycles. The predicted octanol–water partition coefficient (Wildman–Crippen LogP) is 5.05. The fourth-order valence-electron chi connectivity index (χ4n) is 3.53. The van der Waals surface area contributed by atoms with Gasteiger partial charge in [0.25, 0.3) is 0 Å². The molecule has 5 rings (SSSR count). The first-order valence-electron chi connectivity index (χ1n) is 9.24. The van der Waals surface area contributed by atoms with E-state index in [4.69, 9.17) is 4.74 Å². The van der Waals surface area contributed by atoms with Crippen LogP contribution in [0.1, 0.15) is 0 Å². The lowest BCUT2D eigenvalue weighted by molar-refractivity contribution is 0.322. The topological polar surface area (TPSA) is 61.0 Å². The molecule has 1 aliphatic heterocycles. The molecule has 0 saturated heterocycles. The number of fused-ring (bicyclic) bond motifs is 1. The summed E-state index contributed by atoms with van der Waals surface area (Å²) in [4.78, 5) is 8.31. The summed E-state index contributed by atoms with van der Waals surface area (Å²) in [6.45, 7) is 0.455. The van der Waals surface area contributed by atoms with E-state index in [9.17, 15) is 8.94 Å². The normalized spacial score (nSPS) is 15.6. The predicted molar refractivity (Wildman–Crippen MR) is 112 cm³/mol. The van der Waals surface area contributed by atoms with Crippen molar-refractivity contribution in [2.24, 2.45) is 0 Å². The number of nitrogens with zero attached hydrogens (tertiary/aromatic N) is 1. The van der Waals surface area contributed by atoms with Crippen LogP contribution < -0.4 is 4.74 Å². The van der Waals surface area contributed by atoms with Gasteiger partial charge in [0.2, 0.25) is 0 Å². The highest BCUT2D eigenvalue weighted by Gasteiger charge is 2.24. The van der Waals surface area contributed by atoms with Gasteiger partial charge >= 0.3 is 0 Å². The second kappa shape index (κ2) is 7.39. The van der Waals surface area contributed by atoms with Crippen LogP contribution in [0.15, 0.2) is 78.0 Å². The summed E-state index contributed by atoms with van der Waals surface area (Å²) in [5, 5.41) is 0. The van der Waals surface area contributed by atoms with Crippen molar-refractivity contribution >= 4 is 11.2 Å². The van der Waals surface area contributed by atoms with Gasteiger partial charge in [-0.05, 0) is 83.0 Å². The minimum Gasteiger partial charge on any atom is -0.611 e. The number of hydrogen-bond donors (Lipinski definition) is 1. The van der Waals surface area contributed by atoms with Gasteiger partial charge in [0.15, 0.2) is 10.6 Å². The van der Waals surface area contributed by atoms with Crippen molar-refractivity contribution in [2.45, 2.75) is 4.90 Å². The molecule has 0 saturated carbocycles. The zero-order valence-electron chi connectivity index (χ0n) is 15.4. The van der Waals surface area contributed by atoms with Crippen LogP contribution in [0.2, 0.25) is 0 Å². The Morgan fingerprint density at radius 2 is 1.69 bits per heavy atom. The van der Waals surface area contributed by atoms with E-state index in [1.165, 1.54) is 12.1 Å². The first-order valence-corrected chi connectivity index (χ1v) is 10.6. The number of benzene rings is 2. The number of nitrogens with one attached hydrogen (secondary N) is 1. The van der Waals surface area contributed by atoms with Crippen molar-refractivity contribution in [3.63, 3.8) is 0 Å². The molecule has 1 aliphatic rings. The van der Waals surface area contributed by atoms with E-state index < -0.39 is 11.2 Å². The minimum absolute atomic E-state index is 0.272. The summed E-state index contributed by atoms with van der Waals surface area (Å²) in [6, 6.07) is 18.1. The molecule has 2 aromatic heterocycles. The molecule has 1 atom stereocenters. The second-order valence-electron chi connectivity index (χ2n) is 6.77. The van der Waals surface area contributed by atoms with E-state index in [0.29, 0.717) is 18.1 Å². The number of hydrogen-bond acceptors (Lipinski definition) is 3. The van der Waals surface area contributed by atoms with Crippen molar-refractivity contribution in [1.82, 2.24) is 9.97 Å². The molecule has 6 heteroatoms.